The summed E-state index contributed by atoms with van der Waals surface area (Å²) in [5.74, 6) is 7.63. The Balaban J connectivity index is 2.39. The van der Waals surface area contributed by atoms with Gasteiger partial charge in [0.2, 0.25) is 5.88 Å². The molecule has 0 saturated carbocycles. The van der Waals surface area contributed by atoms with Crippen LogP contribution in [0.3, 0.4) is 0 Å². The van der Waals surface area contributed by atoms with E-state index >= 15 is 0 Å². The third-order valence-electron chi connectivity index (χ3n) is 3.02. The Morgan fingerprint density at radius 1 is 1.24 bits per heavy atom. The summed E-state index contributed by atoms with van der Waals surface area (Å²) in [5.41, 5.74) is 4.82. The highest BCUT2D eigenvalue weighted by molar-refractivity contribution is 7.98. The first-order chi connectivity index (χ1) is 10.0. The molecule has 0 aliphatic heterocycles. The van der Waals surface area contributed by atoms with Crippen LogP contribution in [-0.4, -0.2) is 16.2 Å². The third kappa shape index (κ3) is 3.86. The molecule has 5 nitrogen and oxygen atoms in total. The molecule has 2 rings (SSSR count). The summed E-state index contributed by atoms with van der Waals surface area (Å²) in [6.45, 7) is 6.31. The maximum atomic E-state index is 5.98. The Bertz CT molecular complexity index is 609. The standard InChI is InChI=1S/C15H20N4OS/c1-9(2)11-6-5-10(3)7-12(11)20-14-8-13(19-16)17-15(18-14)21-4/h5-9H,16H2,1-4H3,(H,17,18,19). The number of nitrogens with one attached hydrogen (secondary N) is 1. The van der Waals surface area contributed by atoms with E-state index in [4.69, 9.17) is 10.6 Å². The van der Waals surface area contributed by atoms with Crippen LogP contribution in [0.15, 0.2) is 29.4 Å². The lowest BCUT2D eigenvalue weighted by Gasteiger charge is -2.14. The van der Waals surface area contributed by atoms with Crippen LogP contribution < -0.4 is 16.0 Å². The molecular formula is C15H20N4OS. The normalized spacial score (nSPS) is 10.8. The number of nitrogens with two attached hydrogens (primary N) is 1. The van der Waals surface area contributed by atoms with Crippen LogP contribution >= 0.6 is 11.8 Å². The maximum absolute atomic E-state index is 5.98. The van der Waals surface area contributed by atoms with Crippen LogP contribution in [0.5, 0.6) is 11.6 Å². The number of aromatic nitrogens is 2. The summed E-state index contributed by atoms with van der Waals surface area (Å²) in [4.78, 5) is 8.58. The number of aryl methyl sites for hydroxylation is 1. The molecule has 0 spiro atoms. The smallest absolute Gasteiger partial charge is 0.225 e. The van der Waals surface area contributed by atoms with Gasteiger partial charge in [-0.25, -0.2) is 10.8 Å². The van der Waals surface area contributed by atoms with Crippen LogP contribution in [-0.2, 0) is 0 Å². The Labute approximate surface area is 129 Å². The molecule has 0 aliphatic rings. The van der Waals surface area contributed by atoms with Crippen molar-refractivity contribution in [2.75, 3.05) is 11.7 Å². The summed E-state index contributed by atoms with van der Waals surface area (Å²) in [7, 11) is 0. The van der Waals surface area contributed by atoms with E-state index in [0.717, 1.165) is 16.9 Å². The predicted octanol–water partition coefficient (Wildman–Crippen LogP) is 3.71. The monoisotopic (exact) mass is 304 g/mol. The van der Waals surface area contributed by atoms with Gasteiger partial charge in [0.1, 0.15) is 11.6 Å². The molecular weight excluding hydrogens is 284 g/mol. The van der Waals surface area contributed by atoms with Crippen molar-refractivity contribution in [3.05, 3.63) is 35.4 Å². The molecule has 6 heteroatoms. The Morgan fingerprint density at radius 3 is 2.62 bits per heavy atom. The molecule has 0 fully saturated rings. The highest BCUT2D eigenvalue weighted by atomic mass is 32.2. The highest BCUT2D eigenvalue weighted by Gasteiger charge is 2.11. The largest absolute Gasteiger partial charge is 0.439 e. The zero-order chi connectivity index (χ0) is 15.4. The second kappa shape index (κ2) is 6.78. The summed E-state index contributed by atoms with van der Waals surface area (Å²) >= 11 is 1.44. The van der Waals surface area contributed by atoms with Crippen molar-refractivity contribution in [1.82, 2.24) is 9.97 Å². The molecule has 0 radical (unpaired) electrons. The minimum Gasteiger partial charge on any atom is -0.439 e. The number of hydrogen-bond acceptors (Lipinski definition) is 6. The van der Waals surface area contributed by atoms with Crippen LogP contribution in [0.1, 0.15) is 30.9 Å². The van der Waals surface area contributed by atoms with Crippen molar-refractivity contribution >= 4 is 17.6 Å². The lowest BCUT2D eigenvalue weighted by molar-refractivity contribution is 0.447. The van der Waals surface area contributed by atoms with Crippen LogP contribution in [0, 0.1) is 6.92 Å². The van der Waals surface area contributed by atoms with Gasteiger partial charge >= 0.3 is 0 Å². The molecule has 21 heavy (non-hydrogen) atoms. The summed E-state index contributed by atoms with van der Waals surface area (Å²) < 4.78 is 5.98. The number of ether oxygens (including phenoxy) is 1. The van der Waals surface area contributed by atoms with E-state index in [1.165, 1.54) is 11.8 Å². The number of hydrazine groups is 1. The van der Waals surface area contributed by atoms with E-state index in [1.807, 2.05) is 19.2 Å². The molecule has 0 amide bonds. The van der Waals surface area contributed by atoms with Gasteiger partial charge in [0.05, 0.1) is 0 Å². The number of nitrogens with zero attached hydrogens (tertiary/aromatic N) is 2. The van der Waals surface area contributed by atoms with E-state index in [0.29, 0.717) is 22.8 Å². The fraction of sp³-hybridized carbons (Fsp3) is 0.333. The molecule has 0 unspecified atom stereocenters. The minimum absolute atomic E-state index is 0.370. The van der Waals surface area contributed by atoms with Gasteiger partial charge in [-0.3, -0.25) is 0 Å². The first-order valence-electron chi connectivity index (χ1n) is 6.71. The average Bonchev–Trinajstić information content (AvgIpc) is 2.46. The van der Waals surface area contributed by atoms with E-state index < -0.39 is 0 Å². The lowest BCUT2D eigenvalue weighted by atomic mass is 10.0. The second-order valence-electron chi connectivity index (χ2n) is 5.02. The van der Waals surface area contributed by atoms with Gasteiger partial charge in [-0.1, -0.05) is 37.7 Å². The highest BCUT2D eigenvalue weighted by Crippen LogP contribution is 2.31. The number of benzene rings is 1. The third-order valence-corrected chi connectivity index (χ3v) is 3.57. The first kappa shape index (κ1) is 15.6. The Morgan fingerprint density at radius 2 is 2.00 bits per heavy atom. The van der Waals surface area contributed by atoms with Gasteiger partial charge in [0.15, 0.2) is 5.16 Å². The van der Waals surface area contributed by atoms with Crippen LogP contribution in [0.4, 0.5) is 5.82 Å². The SMILES string of the molecule is CSc1nc(NN)cc(Oc2cc(C)ccc2C(C)C)n1. The molecule has 0 saturated heterocycles. The molecule has 1 aromatic carbocycles. The fourth-order valence-corrected chi connectivity index (χ4v) is 2.31. The van der Waals surface area contributed by atoms with Gasteiger partial charge < -0.3 is 10.2 Å². The quantitative estimate of drug-likeness (QED) is 0.380. The van der Waals surface area contributed by atoms with Crippen molar-refractivity contribution < 1.29 is 4.74 Å². The van der Waals surface area contributed by atoms with Gasteiger partial charge in [-0.05, 0) is 36.3 Å². The van der Waals surface area contributed by atoms with Crippen molar-refractivity contribution in [3.8, 4) is 11.6 Å². The molecule has 2 aromatic rings. The second-order valence-corrected chi connectivity index (χ2v) is 5.79. The van der Waals surface area contributed by atoms with E-state index in [2.05, 4.69) is 41.4 Å². The molecule has 1 heterocycles. The van der Waals surface area contributed by atoms with Crippen LogP contribution in [0.25, 0.3) is 0 Å². The predicted molar refractivity (Wildman–Crippen MR) is 87.0 cm³/mol. The summed E-state index contributed by atoms with van der Waals surface area (Å²) in [5, 5.41) is 0.610. The number of thioether (sulfide) groups is 1. The average molecular weight is 304 g/mol. The van der Waals surface area contributed by atoms with Crippen LogP contribution in [0.2, 0.25) is 0 Å². The molecule has 0 bridgehead atoms. The van der Waals surface area contributed by atoms with E-state index in [1.54, 1.807) is 6.07 Å². The number of hydrogen-bond donors (Lipinski definition) is 2. The van der Waals surface area contributed by atoms with Crippen molar-refractivity contribution in [1.29, 1.82) is 0 Å². The zero-order valence-electron chi connectivity index (χ0n) is 12.7. The zero-order valence-corrected chi connectivity index (χ0v) is 13.5. The topological polar surface area (TPSA) is 73.1 Å². The Kier molecular flexibility index (Phi) is 5.03. The summed E-state index contributed by atoms with van der Waals surface area (Å²) in [6, 6.07) is 7.88. The van der Waals surface area contributed by atoms with Gasteiger partial charge in [-0.15, -0.1) is 0 Å². The molecule has 0 aliphatic carbocycles. The number of anilines is 1. The van der Waals surface area contributed by atoms with E-state index in [9.17, 15) is 0 Å². The first-order valence-corrected chi connectivity index (χ1v) is 7.94. The van der Waals surface area contributed by atoms with Gasteiger partial charge in [-0.2, -0.15) is 4.98 Å². The maximum Gasteiger partial charge on any atom is 0.225 e. The van der Waals surface area contributed by atoms with E-state index in [-0.39, 0.29) is 0 Å². The lowest BCUT2D eigenvalue weighted by Crippen LogP contribution is -2.09. The Hall–Kier alpha value is -1.79. The molecule has 112 valence electrons. The number of rotatable bonds is 5. The van der Waals surface area contributed by atoms with Gasteiger partial charge in [0.25, 0.3) is 0 Å². The van der Waals surface area contributed by atoms with Crippen molar-refractivity contribution in [2.45, 2.75) is 31.8 Å². The molecule has 3 N–H and O–H groups in total. The molecule has 0 atom stereocenters. The van der Waals surface area contributed by atoms with Crippen molar-refractivity contribution in [3.63, 3.8) is 0 Å². The minimum atomic E-state index is 0.370. The van der Waals surface area contributed by atoms with Gasteiger partial charge in [0, 0.05) is 6.07 Å². The summed E-state index contributed by atoms with van der Waals surface area (Å²) in [6.07, 6.45) is 1.91. The number of nitrogen functional groups attached to an aromatic ring is 1. The van der Waals surface area contributed by atoms with Crippen molar-refractivity contribution in [2.24, 2.45) is 5.84 Å². The fourth-order valence-electron chi connectivity index (χ4n) is 1.94. The molecule has 1 aromatic heterocycles.